The van der Waals surface area contributed by atoms with Gasteiger partial charge in [0.25, 0.3) is 0 Å². The van der Waals surface area contributed by atoms with E-state index in [4.69, 9.17) is 5.73 Å². The largest absolute Gasteiger partial charge is 0.398 e. The average Bonchev–Trinajstić information content (AvgIpc) is 1.94. The van der Waals surface area contributed by atoms with Crippen LogP contribution in [0.15, 0.2) is 24.3 Å². The van der Waals surface area contributed by atoms with Crippen LogP contribution in [0.25, 0.3) is 0 Å². The zero-order valence-electron chi connectivity index (χ0n) is 6.00. The first-order valence-corrected chi connectivity index (χ1v) is 4.56. The molecule has 0 amide bonds. The van der Waals surface area contributed by atoms with E-state index < -0.39 is 0 Å². The zero-order valence-corrected chi connectivity index (χ0v) is 6.82. The minimum Gasteiger partial charge on any atom is -0.398 e. The molecule has 0 heterocycles. The van der Waals surface area contributed by atoms with Gasteiger partial charge in [-0.2, -0.15) is 11.8 Å². The van der Waals surface area contributed by atoms with E-state index in [0.717, 1.165) is 11.4 Å². The first kappa shape index (κ1) is 7.48. The van der Waals surface area contributed by atoms with Crippen molar-refractivity contribution in [2.24, 2.45) is 0 Å². The SMILES string of the molecule is CSCc1ccccc1N. The van der Waals surface area contributed by atoms with Crippen molar-refractivity contribution in [2.75, 3.05) is 12.0 Å². The van der Waals surface area contributed by atoms with Crippen LogP contribution in [0.4, 0.5) is 5.69 Å². The van der Waals surface area contributed by atoms with Gasteiger partial charge >= 0.3 is 0 Å². The van der Waals surface area contributed by atoms with Crippen LogP contribution in [0.3, 0.4) is 0 Å². The third-order valence-corrected chi connectivity index (χ3v) is 1.95. The summed E-state index contributed by atoms with van der Waals surface area (Å²) in [6.45, 7) is 0. The van der Waals surface area contributed by atoms with Gasteiger partial charge in [-0.05, 0) is 17.9 Å². The van der Waals surface area contributed by atoms with Crippen LogP contribution in [-0.4, -0.2) is 6.26 Å². The van der Waals surface area contributed by atoms with Gasteiger partial charge in [-0.3, -0.25) is 0 Å². The van der Waals surface area contributed by atoms with E-state index in [1.807, 2.05) is 18.2 Å². The van der Waals surface area contributed by atoms with Gasteiger partial charge < -0.3 is 5.73 Å². The Labute approximate surface area is 65.6 Å². The van der Waals surface area contributed by atoms with E-state index in [1.54, 1.807) is 11.8 Å². The minimum absolute atomic E-state index is 0.900. The normalized spacial score (nSPS) is 9.70. The molecule has 0 aromatic heterocycles. The standard InChI is InChI=1S/C8H11NS/c1-10-6-7-4-2-3-5-8(7)9/h2-5H,6,9H2,1H3. The van der Waals surface area contributed by atoms with Gasteiger partial charge in [0.1, 0.15) is 0 Å². The molecule has 0 aliphatic carbocycles. The molecule has 0 atom stereocenters. The third kappa shape index (κ3) is 1.67. The predicted octanol–water partition coefficient (Wildman–Crippen LogP) is 2.13. The molecule has 2 heteroatoms. The zero-order chi connectivity index (χ0) is 7.40. The lowest BCUT2D eigenvalue weighted by Gasteiger charge is -2.00. The van der Waals surface area contributed by atoms with Crippen LogP contribution >= 0.6 is 11.8 Å². The molecule has 0 aliphatic heterocycles. The second-order valence-electron chi connectivity index (χ2n) is 2.13. The molecule has 0 spiro atoms. The second-order valence-corrected chi connectivity index (χ2v) is 3.00. The fraction of sp³-hybridized carbons (Fsp3) is 0.250. The summed E-state index contributed by atoms with van der Waals surface area (Å²) >= 11 is 1.79. The quantitative estimate of drug-likeness (QED) is 0.659. The molecule has 0 fully saturated rings. The fourth-order valence-electron chi connectivity index (χ4n) is 0.821. The number of thioether (sulfide) groups is 1. The minimum atomic E-state index is 0.900. The average molecular weight is 153 g/mol. The van der Waals surface area contributed by atoms with Gasteiger partial charge in [0, 0.05) is 11.4 Å². The number of nitrogens with two attached hydrogens (primary N) is 1. The van der Waals surface area contributed by atoms with Crippen LogP contribution in [0, 0.1) is 0 Å². The van der Waals surface area contributed by atoms with E-state index in [0.29, 0.717) is 0 Å². The van der Waals surface area contributed by atoms with Crippen LogP contribution in [-0.2, 0) is 5.75 Å². The molecule has 10 heavy (non-hydrogen) atoms. The van der Waals surface area contributed by atoms with Crippen molar-refractivity contribution in [3.8, 4) is 0 Å². The van der Waals surface area contributed by atoms with Crippen molar-refractivity contribution in [3.05, 3.63) is 29.8 Å². The molecule has 1 aromatic carbocycles. The van der Waals surface area contributed by atoms with E-state index in [9.17, 15) is 0 Å². The molecular weight excluding hydrogens is 142 g/mol. The van der Waals surface area contributed by atoms with Crippen LogP contribution in [0.1, 0.15) is 5.56 Å². The van der Waals surface area contributed by atoms with E-state index >= 15 is 0 Å². The summed E-state index contributed by atoms with van der Waals surface area (Å²) in [6, 6.07) is 7.97. The molecule has 0 bridgehead atoms. The highest BCUT2D eigenvalue weighted by Gasteiger charge is 1.93. The van der Waals surface area contributed by atoms with E-state index in [2.05, 4.69) is 12.3 Å². The smallest absolute Gasteiger partial charge is 0.0355 e. The second kappa shape index (κ2) is 3.52. The Morgan fingerprint density at radius 3 is 2.70 bits per heavy atom. The molecule has 0 aliphatic rings. The van der Waals surface area contributed by atoms with Crippen molar-refractivity contribution in [1.82, 2.24) is 0 Å². The van der Waals surface area contributed by atoms with Crippen LogP contribution in [0.5, 0.6) is 0 Å². The van der Waals surface area contributed by atoms with Crippen molar-refractivity contribution >= 4 is 17.4 Å². The first-order valence-electron chi connectivity index (χ1n) is 3.17. The van der Waals surface area contributed by atoms with Crippen molar-refractivity contribution in [3.63, 3.8) is 0 Å². The molecule has 0 radical (unpaired) electrons. The molecule has 2 N–H and O–H groups in total. The predicted molar refractivity (Wildman–Crippen MR) is 48.1 cm³/mol. The molecule has 54 valence electrons. The first-order chi connectivity index (χ1) is 4.84. The van der Waals surface area contributed by atoms with Gasteiger partial charge in [0.15, 0.2) is 0 Å². The lowest BCUT2D eigenvalue weighted by Crippen LogP contribution is -1.90. The Hall–Kier alpha value is -0.630. The topological polar surface area (TPSA) is 26.0 Å². The summed E-state index contributed by atoms with van der Waals surface area (Å²) < 4.78 is 0. The van der Waals surface area contributed by atoms with Gasteiger partial charge in [-0.25, -0.2) is 0 Å². The molecule has 1 aromatic rings. The number of benzene rings is 1. The fourth-order valence-corrected chi connectivity index (χ4v) is 1.40. The summed E-state index contributed by atoms with van der Waals surface area (Å²) in [5.74, 6) is 1.01. The number of para-hydroxylation sites is 1. The van der Waals surface area contributed by atoms with Gasteiger partial charge in [0.05, 0.1) is 0 Å². The third-order valence-electron chi connectivity index (χ3n) is 1.35. The molecular formula is C8H11NS. The molecule has 0 saturated carbocycles. The highest BCUT2D eigenvalue weighted by molar-refractivity contribution is 7.97. The number of rotatable bonds is 2. The Kier molecular flexibility index (Phi) is 2.63. The Morgan fingerprint density at radius 2 is 2.10 bits per heavy atom. The highest BCUT2D eigenvalue weighted by Crippen LogP contribution is 2.15. The van der Waals surface area contributed by atoms with Gasteiger partial charge in [-0.15, -0.1) is 0 Å². The number of nitrogen functional groups attached to an aromatic ring is 1. The van der Waals surface area contributed by atoms with Crippen molar-refractivity contribution in [2.45, 2.75) is 5.75 Å². The molecule has 1 rings (SSSR count). The Balaban J connectivity index is 2.81. The lowest BCUT2D eigenvalue weighted by molar-refractivity contribution is 1.42. The van der Waals surface area contributed by atoms with E-state index in [1.165, 1.54) is 5.56 Å². The summed E-state index contributed by atoms with van der Waals surface area (Å²) in [5.41, 5.74) is 7.82. The molecule has 0 saturated heterocycles. The lowest BCUT2D eigenvalue weighted by atomic mass is 10.2. The van der Waals surface area contributed by atoms with Gasteiger partial charge in [0.2, 0.25) is 0 Å². The summed E-state index contributed by atoms with van der Waals surface area (Å²) in [4.78, 5) is 0. The van der Waals surface area contributed by atoms with Crippen molar-refractivity contribution < 1.29 is 0 Å². The molecule has 1 nitrogen and oxygen atoms in total. The highest BCUT2D eigenvalue weighted by atomic mass is 32.2. The summed E-state index contributed by atoms with van der Waals surface area (Å²) in [5, 5.41) is 0. The number of hydrogen-bond acceptors (Lipinski definition) is 2. The maximum atomic E-state index is 5.69. The van der Waals surface area contributed by atoms with Crippen LogP contribution in [0.2, 0.25) is 0 Å². The maximum Gasteiger partial charge on any atom is 0.0355 e. The monoisotopic (exact) mass is 153 g/mol. The van der Waals surface area contributed by atoms with Gasteiger partial charge in [-0.1, -0.05) is 18.2 Å². The summed E-state index contributed by atoms with van der Waals surface area (Å²) in [7, 11) is 0. The Morgan fingerprint density at radius 1 is 1.40 bits per heavy atom. The number of anilines is 1. The number of hydrogen-bond donors (Lipinski definition) is 1. The van der Waals surface area contributed by atoms with Crippen LogP contribution < -0.4 is 5.73 Å². The Bertz CT molecular complexity index is 210. The summed E-state index contributed by atoms with van der Waals surface area (Å²) in [6.07, 6.45) is 2.08. The van der Waals surface area contributed by atoms with E-state index in [-0.39, 0.29) is 0 Å². The molecule has 0 unspecified atom stereocenters. The maximum absolute atomic E-state index is 5.69. The van der Waals surface area contributed by atoms with Crippen molar-refractivity contribution in [1.29, 1.82) is 0 Å².